The number of benzene rings is 2. The van der Waals surface area contributed by atoms with E-state index in [9.17, 15) is 0 Å². The van der Waals surface area contributed by atoms with Gasteiger partial charge in [0.2, 0.25) is 0 Å². The lowest BCUT2D eigenvalue weighted by Gasteiger charge is -2.44. The molecule has 0 spiro atoms. The molecule has 3 heterocycles. The Labute approximate surface area is 176 Å². The molecule has 2 aromatic carbocycles. The van der Waals surface area contributed by atoms with Gasteiger partial charge in [0.05, 0.1) is 0 Å². The summed E-state index contributed by atoms with van der Waals surface area (Å²) in [5.41, 5.74) is 5.10. The molecule has 0 amide bonds. The number of nitrogens with one attached hydrogen (secondary N) is 1. The van der Waals surface area contributed by atoms with E-state index >= 15 is 0 Å². The molecule has 0 aromatic heterocycles. The maximum atomic E-state index is 3.65. The van der Waals surface area contributed by atoms with Crippen LogP contribution in [0.4, 0.5) is 0 Å². The highest BCUT2D eigenvalue weighted by Gasteiger charge is 2.38. The third kappa shape index (κ3) is 3.87. The van der Waals surface area contributed by atoms with E-state index in [0.29, 0.717) is 5.41 Å². The summed E-state index contributed by atoms with van der Waals surface area (Å²) < 4.78 is 0. The zero-order valence-corrected chi connectivity index (χ0v) is 17.6. The first-order valence-electron chi connectivity index (χ1n) is 10.9. The van der Waals surface area contributed by atoms with Crippen LogP contribution < -0.4 is 5.32 Å². The number of nitrogens with zero attached hydrogens (tertiary/aromatic N) is 1. The molecule has 0 radical (unpaired) electrons. The number of piperidine rings is 1. The van der Waals surface area contributed by atoms with E-state index in [1.165, 1.54) is 57.2 Å². The van der Waals surface area contributed by atoms with E-state index in [2.05, 4.69) is 64.8 Å². The molecule has 150 valence electrons. The van der Waals surface area contributed by atoms with Gasteiger partial charge in [0.15, 0.2) is 0 Å². The van der Waals surface area contributed by atoms with E-state index in [0.717, 1.165) is 25.0 Å². The molecule has 28 heavy (non-hydrogen) atoms. The quantitative estimate of drug-likeness (QED) is 0.811. The van der Waals surface area contributed by atoms with Crippen molar-refractivity contribution in [1.82, 2.24) is 10.2 Å². The van der Waals surface area contributed by atoms with Crippen molar-refractivity contribution in [2.75, 3.05) is 26.2 Å². The van der Waals surface area contributed by atoms with Gasteiger partial charge in [-0.05, 0) is 74.2 Å². The summed E-state index contributed by atoms with van der Waals surface area (Å²) in [6.45, 7) is 4.85. The van der Waals surface area contributed by atoms with Gasteiger partial charge in [0.1, 0.15) is 0 Å². The average Bonchev–Trinajstić information content (AvgIpc) is 3.17. The van der Waals surface area contributed by atoms with Gasteiger partial charge in [-0.25, -0.2) is 0 Å². The van der Waals surface area contributed by atoms with Crippen LogP contribution in [0.1, 0.15) is 42.4 Å². The molecule has 3 unspecified atom stereocenters. The smallest absolute Gasteiger partial charge is 0.0136 e. The Hall–Kier alpha value is -1.35. The zero-order valence-electron chi connectivity index (χ0n) is 16.8. The summed E-state index contributed by atoms with van der Waals surface area (Å²) in [6, 6.07) is 21.2. The van der Waals surface area contributed by atoms with E-state index < -0.39 is 0 Å². The van der Waals surface area contributed by atoms with Crippen molar-refractivity contribution in [3.8, 4) is 0 Å². The van der Waals surface area contributed by atoms with Gasteiger partial charge in [0.25, 0.3) is 0 Å². The van der Waals surface area contributed by atoms with E-state index in [1.807, 2.05) is 0 Å². The van der Waals surface area contributed by atoms with E-state index in [4.69, 9.17) is 0 Å². The highest BCUT2D eigenvalue weighted by molar-refractivity contribution is 5.85. The van der Waals surface area contributed by atoms with Crippen LogP contribution in [-0.4, -0.2) is 37.1 Å². The minimum atomic E-state index is 0. The van der Waals surface area contributed by atoms with Crippen molar-refractivity contribution in [1.29, 1.82) is 0 Å². The fourth-order valence-corrected chi connectivity index (χ4v) is 5.87. The maximum Gasteiger partial charge on any atom is 0.0136 e. The van der Waals surface area contributed by atoms with Gasteiger partial charge >= 0.3 is 0 Å². The first-order valence-corrected chi connectivity index (χ1v) is 10.9. The summed E-state index contributed by atoms with van der Waals surface area (Å²) in [5, 5.41) is 3.65. The van der Waals surface area contributed by atoms with Crippen molar-refractivity contribution >= 4 is 12.4 Å². The van der Waals surface area contributed by atoms with Crippen LogP contribution in [0.2, 0.25) is 0 Å². The van der Waals surface area contributed by atoms with E-state index in [-0.39, 0.29) is 12.4 Å². The predicted octanol–water partition coefficient (Wildman–Crippen LogP) is 4.61. The minimum absolute atomic E-state index is 0. The fraction of sp³-hybridized carbons (Fsp3) is 0.520. The first kappa shape index (κ1) is 19.9. The van der Waals surface area contributed by atoms with Crippen LogP contribution in [0.15, 0.2) is 54.6 Å². The van der Waals surface area contributed by atoms with E-state index in [1.54, 1.807) is 11.1 Å². The van der Waals surface area contributed by atoms with Crippen LogP contribution in [-0.2, 0) is 18.3 Å². The summed E-state index contributed by atoms with van der Waals surface area (Å²) >= 11 is 0. The standard InChI is InChI=1S/C25H32N2.ClH/c1-2-8-23(9-3-1)25(12-14-26-19-25)13-15-27-18-20-10-11-24(27)17-22-7-5-4-6-21(22)16-20;/h1-9,20,24,26H,10-19H2;1H. The molecular formula is C25H33ClN2. The first-order chi connectivity index (χ1) is 13.3. The molecular weight excluding hydrogens is 364 g/mol. The summed E-state index contributed by atoms with van der Waals surface area (Å²) in [7, 11) is 0. The third-order valence-corrected chi connectivity index (χ3v) is 7.51. The van der Waals surface area contributed by atoms with Gasteiger partial charge in [-0.3, -0.25) is 4.90 Å². The Kier molecular flexibility index (Phi) is 6.10. The highest BCUT2D eigenvalue weighted by atomic mass is 35.5. The molecule has 2 nitrogen and oxygen atoms in total. The number of fused-ring (bicyclic) bond motifs is 2. The number of hydrogen-bond donors (Lipinski definition) is 1. The van der Waals surface area contributed by atoms with Gasteiger partial charge in [0, 0.05) is 24.5 Å². The van der Waals surface area contributed by atoms with Gasteiger partial charge in [-0.2, -0.15) is 0 Å². The molecule has 4 aliphatic rings. The number of hydrogen-bond acceptors (Lipinski definition) is 2. The van der Waals surface area contributed by atoms with Crippen LogP contribution in [0, 0.1) is 5.92 Å². The Morgan fingerprint density at radius 3 is 2.43 bits per heavy atom. The predicted molar refractivity (Wildman–Crippen MR) is 119 cm³/mol. The summed E-state index contributed by atoms with van der Waals surface area (Å²) in [6.07, 6.45) is 7.90. The third-order valence-electron chi connectivity index (χ3n) is 7.51. The van der Waals surface area contributed by atoms with Crippen LogP contribution >= 0.6 is 12.4 Å². The second-order valence-corrected chi connectivity index (χ2v) is 9.09. The van der Waals surface area contributed by atoms with Crippen molar-refractivity contribution < 1.29 is 0 Å². The molecule has 2 fully saturated rings. The fourth-order valence-electron chi connectivity index (χ4n) is 5.87. The lowest BCUT2D eigenvalue weighted by Crippen LogP contribution is -2.48. The monoisotopic (exact) mass is 396 g/mol. The van der Waals surface area contributed by atoms with Crippen molar-refractivity contribution in [3.05, 3.63) is 71.3 Å². The molecule has 3 aliphatic heterocycles. The molecule has 3 atom stereocenters. The van der Waals surface area contributed by atoms with Crippen LogP contribution in [0.25, 0.3) is 0 Å². The topological polar surface area (TPSA) is 15.3 Å². The molecule has 2 bridgehead atoms. The van der Waals surface area contributed by atoms with Crippen LogP contribution in [0.5, 0.6) is 0 Å². The van der Waals surface area contributed by atoms with Crippen molar-refractivity contribution in [2.24, 2.45) is 5.92 Å². The molecule has 1 aliphatic carbocycles. The Morgan fingerprint density at radius 1 is 0.929 bits per heavy atom. The Morgan fingerprint density at radius 2 is 1.68 bits per heavy atom. The normalized spacial score (nSPS) is 29.6. The Balaban J connectivity index is 0.00000192. The second-order valence-electron chi connectivity index (χ2n) is 9.09. The molecule has 6 rings (SSSR count). The Bertz CT molecular complexity index is 769. The molecule has 1 N–H and O–H groups in total. The lowest BCUT2D eigenvalue weighted by molar-refractivity contribution is 0.0923. The van der Waals surface area contributed by atoms with Gasteiger partial charge in [-0.1, -0.05) is 54.6 Å². The SMILES string of the molecule is Cl.c1ccc(C2(CCN3CC4CCC3Cc3ccccc3C4)CCNC2)cc1. The summed E-state index contributed by atoms with van der Waals surface area (Å²) in [5.74, 6) is 0.845. The average molecular weight is 397 g/mol. The van der Waals surface area contributed by atoms with Gasteiger partial charge in [-0.15, -0.1) is 12.4 Å². The molecule has 0 saturated carbocycles. The minimum Gasteiger partial charge on any atom is -0.316 e. The van der Waals surface area contributed by atoms with Crippen molar-refractivity contribution in [3.63, 3.8) is 0 Å². The number of halogens is 1. The summed E-state index contributed by atoms with van der Waals surface area (Å²) in [4.78, 5) is 2.85. The second kappa shape index (κ2) is 8.57. The van der Waals surface area contributed by atoms with Gasteiger partial charge < -0.3 is 5.32 Å². The largest absolute Gasteiger partial charge is 0.316 e. The molecule has 2 aromatic rings. The molecule has 2 saturated heterocycles. The lowest BCUT2D eigenvalue weighted by atomic mass is 9.75. The highest BCUT2D eigenvalue weighted by Crippen LogP contribution is 2.37. The number of rotatable bonds is 4. The molecule has 3 heteroatoms. The van der Waals surface area contributed by atoms with Crippen molar-refractivity contribution in [2.45, 2.75) is 50.0 Å². The van der Waals surface area contributed by atoms with Crippen LogP contribution in [0.3, 0.4) is 0 Å². The zero-order chi connectivity index (χ0) is 18.1. The maximum absolute atomic E-state index is 3.65.